The van der Waals surface area contributed by atoms with Gasteiger partial charge in [-0.05, 0) is 50.3 Å². The zero-order valence-corrected chi connectivity index (χ0v) is 18.1. The van der Waals surface area contributed by atoms with Gasteiger partial charge in [0.25, 0.3) is 5.91 Å². The van der Waals surface area contributed by atoms with Gasteiger partial charge < -0.3 is 24.5 Å². The lowest BCUT2D eigenvalue weighted by Gasteiger charge is -2.34. The van der Waals surface area contributed by atoms with E-state index < -0.39 is 35.4 Å². The number of carbonyl (C=O) groups is 3. The minimum absolute atomic E-state index is 0.0858. The number of alkyl halides is 3. The molecule has 3 rings (SSSR count). The van der Waals surface area contributed by atoms with Gasteiger partial charge >= 0.3 is 23.8 Å². The molecule has 1 amide bonds. The van der Waals surface area contributed by atoms with Crippen LogP contribution in [0.5, 0.6) is 0 Å². The van der Waals surface area contributed by atoms with Crippen LogP contribution in [-0.4, -0.2) is 43.4 Å². The van der Waals surface area contributed by atoms with Crippen LogP contribution in [-0.2, 0) is 27.1 Å². The highest BCUT2D eigenvalue weighted by Crippen LogP contribution is 2.42. The quantitative estimate of drug-likeness (QED) is 0.466. The lowest BCUT2D eigenvalue weighted by Crippen LogP contribution is -2.69. The Bertz CT molecular complexity index is 1000. The Labute approximate surface area is 185 Å². The van der Waals surface area contributed by atoms with Crippen LogP contribution >= 0.6 is 11.3 Å². The maximum absolute atomic E-state index is 14.4. The van der Waals surface area contributed by atoms with Crippen LogP contribution in [0.4, 0.5) is 18.2 Å². The van der Waals surface area contributed by atoms with E-state index in [0.29, 0.717) is 18.4 Å². The molecule has 0 bridgehead atoms. The van der Waals surface area contributed by atoms with Gasteiger partial charge in [0.1, 0.15) is 5.00 Å². The molecule has 0 spiro atoms. The number of aryl methyl sites for hydroxylation is 1. The van der Waals surface area contributed by atoms with Crippen molar-refractivity contribution < 1.29 is 41.4 Å². The number of rotatable bonds is 7. The largest absolute Gasteiger partial charge is 0.465 e. The molecule has 2 aromatic rings. The normalized spacial score (nSPS) is 15.3. The fourth-order valence-corrected chi connectivity index (χ4v) is 4.74. The summed E-state index contributed by atoms with van der Waals surface area (Å²) in [6.45, 7) is 0.955. The number of ether oxygens (including phenoxy) is 2. The number of hydrogen-bond donors (Lipinski definition) is 2. The van der Waals surface area contributed by atoms with Crippen LogP contribution in [0.3, 0.4) is 0 Å². The lowest BCUT2D eigenvalue weighted by atomic mass is 9.95. The van der Waals surface area contributed by atoms with E-state index in [9.17, 15) is 27.6 Å². The molecule has 0 aromatic carbocycles. The van der Waals surface area contributed by atoms with Gasteiger partial charge in [-0.1, -0.05) is 0 Å². The van der Waals surface area contributed by atoms with E-state index in [-0.39, 0.29) is 17.2 Å². The zero-order valence-electron chi connectivity index (χ0n) is 17.3. The Morgan fingerprint density at radius 1 is 1.22 bits per heavy atom. The number of fused-ring (bicyclic) bond motifs is 1. The van der Waals surface area contributed by atoms with Gasteiger partial charge in [-0.3, -0.25) is 4.79 Å². The second kappa shape index (κ2) is 9.23. The molecule has 2 heterocycles. The van der Waals surface area contributed by atoms with E-state index in [1.165, 1.54) is 13.0 Å². The number of anilines is 1. The Morgan fingerprint density at radius 2 is 1.94 bits per heavy atom. The third kappa shape index (κ3) is 4.31. The number of carbonyl (C=O) groups excluding carboxylic acids is 3. The van der Waals surface area contributed by atoms with Crippen LogP contribution in [0.2, 0.25) is 0 Å². The molecule has 0 radical (unpaired) electrons. The van der Waals surface area contributed by atoms with E-state index in [4.69, 9.17) is 9.15 Å². The minimum Gasteiger partial charge on any atom is -0.465 e. The first-order chi connectivity index (χ1) is 15.1. The van der Waals surface area contributed by atoms with Crippen LogP contribution < -0.4 is 10.6 Å². The molecule has 174 valence electrons. The molecule has 32 heavy (non-hydrogen) atoms. The van der Waals surface area contributed by atoms with Crippen molar-refractivity contribution in [3.05, 3.63) is 40.2 Å². The number of thiophene rings is 1. The summed E-state index contributed by atoms with van der Waals surface area (Å²) < 4.78 is 57.6. The molecule has 0 unspecified atom stereocenters. The molecule has 0 aliphatic heterocycles. The summed E-state index contributed by atoms with van der Waals surface area (Å²) in [5, 5.41) is 3.54. The van der Waals surface area contributed by atoms with Gasteiger partial charge in [0.05, 0.1) is 25.5 Å². The van der Waals surface area contributed by atoms with Gasteiger partial charge in [-0.15, -0.1) is 11.3 Å². The fourth-order valence-electron chi connectivity index (χ4n) is 3.41. The van der Waals surface area contributed by atoms with Crippen molar-refractivity contribution in [3.63, 3.8) is 0 Å². The van der Waals surface area contributed by atoms with E-state index in [2.05, 4.69) is 10.1 Å². The van der Waals surface area contributed by atoms with Crippen molar-refractivity contribution in [1.82, 2.24) is 5.32 Å². The van der Waals surface area contributed by atoms with Crippen molar-refractivity contribution >= 4 is 34.2 Å². The standard InChI is InChI=1S/C20H21F3N2O6S/c1-3-30-18(28)19(20(21,22)23,24-15(26)12-8-6-10-31-12)25-16-14(17(27)29-2)11-7-4-5-9-13(11)32-16/h6,8,10,25H,3-5,7,9H2,1-2H3,(H,24,26)/t19-/m1/s1. The van der Waals surface area contributed by atoms with Crippen molar-refractivity contribution in [1.29, 1.82) is 0 Å². The molecule has 1 aliphatic carbocycles. The van der Waals surface area contributed by atoms with Crippen molar-refractivity contribution in [2.24, 2.45) is 0 Å². The third-order valence-electron chi connectivity index (χ3n) is 4.91. The number of methoxy groups -OCH3 is 1. The smallest absolute Gasteiger partial charge is 0.441 e. The molecule has 0 saturated carbocycles. The Kier molecular flexibility index (Phi) is 6.82. The average Bonchev–Trinajstić information content (AvgIpc) is 3.39. The van der Waals surface area contributed by atoms with E-state index in [1.807, 2.05) is 0 Å². The Balaban J connectivity index is 2.13. The van der Waals surface area contributed by atoms with Gasteiger partial charge in [0, 0.05) is 4.88 Å². The summed E-state index contributed by atoms with van der Waals surface area (Å²) in [5.41, 5.74) is -3.19. The molecule has 1 aliphatic rings. The summed E-state index contributed by atoms with van der Waals surface area (Å²) in [6.07, 6.45) is -1.63. The second-order valence-corrected chi connectivity index (χ2v) is 8.04. The topological polar surface area (TPSA) is 107 Å². The van der Waals surface area contributed by atoms with Crippen molar-refractivity contribution in [2.75, 3.05) is 19.0 Å². The molecule has 8 nitrogen and oxygen atoms in total. The van der Waals surface area contributed by atoms with Gasteiger partial charge in [-0.25, -0.2) is 9.59 Å². The molecule has 1 atom stereocenters. The average molecular weight is 474 g/mol. The summed E-state index contributed by atoms with van der Waals surface area (Å²) in [6, 6.07) is 2.45. The highest BCUT2D eigenvalue weighted by atomic mass is 32.1. The Morgan fingerprint density at radius 3 is 2.53 bits per heavy atom. The number of furan rings is 1. The predicted molar refractivity (Wildman–Crippen MR) is 108 cm³/mol. The summed E-state index contributed by atoms with van der Waals surface area (Å²) in [4.78, 5) is 38.3. The summed E-state index contributed by atoms with van der Waals surface area (Å²) in [7, 11) is 1.11. The van der Waals surface area contributed by atoms with Crippen LogP contribution in [0, 0.1) is 0 Å². The van der Waals surface area contributed by atoms with E-state index >= 15 is 0 Å². The minimum atomic E-state index is -5.35. The maximum atomic E-state index is 14.4. The maximum Gasteiger partial charge on any atom is 0.441 e. The predicted octanol–water partition coefficient (Wildman–Crippen LogP) is 3.67. The first-order valence-electron chi connectivity index (χ1n) is 9.75. The van der Waals surface area contributed by atoms with Crippen LogP contribution in [0.1, 0.15) is 51.1 Å². The fraction of sp³-hybridized carbons (Fsp3) is 0.450. The SMILES string of the molecule is CCOC(=O)[C@@](NC(=O)c1ccco1)(Nc1sc2c(c1C(=O)OC)CCCC2)C(F)(F)F. The number of nitrogens with one attached hydrogen (secondary N) is 2. The van der Waals surface area contributed by atoms with Crippen molar-refractivity contribution in [3.8, 4) is 0 Å². The molecule has 2 N–H and O–H groups in total. The van der Waals surface area contributed by atoms with Gasteiger partial charge in [0.15, 0.2) is 5.76 Å². The molecule has 0 fully saturated rings. The van der Waals surface area contributed by atoms with E-state index in [0.717, 1.165) is 48.5 Å². The summed E-state index contributed by atoms with van der Waals surface area (Å²) >= 11 is 0.914. The second-order valence-electron chi connectivity index (χ2n) is 6.93. The van der Waals surface area contributed by atoms with Crippen LogP contribution in [0.15, 0.2) is 22.8 Å². The first-order valence-corrected chi connectivity index (χ1v) is 10.6. The lowest BCUT2D eigenvalue weighted by molar-refractivity contribution is -0.204. The highest BCUT2D eigenvalue weighted by molar-refractivity contribution is 7.16. The zero-order chi connectivity index (χ0) is 23.5. The van der Waals surface area contributed by atoms with Crippen molar-refractivity contribution in [2.45, 2.75) is 44.4 Å². The first kappa shape index (κ1) is 23.6. The Hall–Kier alpha value is -3.02. The summed E-state index contributed by atoms with van der Waals surface area (Å²) in [5.74, 6) is -4.36. The number of esters is 2. The molecule has 12 heteroatoms. The van der Waals surface area contributed by atoms with Crippen LogP contribution in [0.25, 0.3) is 0 Å². The molecular formula is C20H21F3N2O6S. The van der Waals surface area contributed by atoms with Gasteiger partial charge in [-0.2, -0.15) is 13.2 Å². The van der Waals surface area contributed by atoms with E-state index in [1.54, 1.807) is 5.32 Å². The molecule has 0 saturated heterocycles. The number of hydrogen-bond acceptors (Lipinski definition) is 8. The monoisotopic (exact) mass is 474 g/mol. The third-order valence-corrected chi connectivity index (χ3v) is 6.12. The number of halogens is 3. The molecular weight excluding hydrogens is 453 g/mol. The number of amides is 1. The molecule has 2 aromatic heterocycles. The highest BCUT2D eigenvalue weighted by Gasteiger charge is 2.64. The van der Waals surface area contributed by atoms with Gasteiger partial charge in [0.2, 0.25) is 0 Å².